The van der Waals surface area contributed by atoms with E-state index in [1.807, 2.05) is 23.1 Å². The van der Waals surface area contributed by atoms with E-state index < -0.39 is 0 Å². The van der Waals surface area contributed by atoms with Gasteiger partial charge in [0.2, 0.25) is 5.91 Å². The quantitative estimate of drug-likeness (QED) is 0.360. The summed E-state index contributed by atoms with van der Waals surface area (Å²) in [4.78, 5) is 18.0. The van der Waals surface area contributed by atoms with Crippen molar-refractivity contribution in [3.05, 3.63) is 40.8 Å². The Morgan fingerprint density at radius 2 is 2.05 bits per heavy atom. The number of likely N-dealkylation sites (tertiary alicyclic amines) is 1. The predicted molar refractivity (Wildman–Crippen MR) is 80.5 cm³/mol. The van der Waals surface area contributed by atoms with Crippen molar-refractivity contribution in [3.8, 4) is 0 Å². The summed E-state index contributed by atoms with van der Waals surface area (Å²) in [5, 5.41) is 3.72. The van der Waals surface area contributed by atoms with E-state index in [9.17, 15) is 4.79 Å². The van der Waals surface area contributed by atoms with Crippen LogP contribution in [0.3, 0.4) is 0 Å². The molecule has 1 aliphatic rings. The molecule has 1 saturated heterocycles. The van der Waals surface area contributed by atoms with E-state index in [1.165, 1.54) is 4.90 Å². The molecule has 6 heteroatoms. The molecular weight excluding hydrogens is 272 g/mol. The van der Waals surface area contributed by atoms with Crippen molar-refractivity contribution in [1.29, 1.82) is 0 Å². The van der Waals surface area contributed by atoms with Gasteiger partial charge in [-0.1, -0.05) is 23.3 Å². The Kier molecular flexibility index (Phi) is 5.77. The van der Waals surface area contributed by atoms with Crippen LogP contribution >= 0.6 is 11.8 Å². The SMILES string of the molecule is [N-]=[N+]=NC1CCN(C(=O)CCSc2ccccc2)CC1. The van der Waals surface area contributed by atoms with Gasteiger partial charge in [-0.3, -0.25) is 4.79 Å². The second kappa shape index (κ2) is 7.82. The van der Waals surface area contributed by atoms with Crippen molar-refractivity contribution in [2.75, 3.05) is 18.8 Å². The van der Waals surface area contributed by atoms with Crippen LogP contribution in [-0.2, 0) is 4.79 Å². The minimum absolute atomic E-state index is 0.0581. The van der Waals surface area contributed by atoms with Crippen LogP contribution in [0.5, 0.6) is 0 Å². The van der Waals surface area contributed by atoms with Gasteiger partial charge in [-0.15, -0.1) is 11.8 Å². The Balaban J connectivity index is 1.69. The number of hydrogen-bond donors (Lipinski definition) is 0. The largest absolute Gasteiger partial charge is 0.343 e. The second-order valence-electron chi connectivity index (χ2n) is 4.73. The summed E-state index contributed by atoms with van der Waals surface area (Å²) >= 11 is 1.71. The standard InChI is InChI=1S/C14H18N4OS/c15-17-16-12-6-9-18(10-7-12)14(19)8-11-20-13-4-2-1-3-5-13/h1-5,12H,6-11H2. The molecule has 2 rings (SSSR count). The van der Waals surface area contributed by atoms with E-state index in [4.69, 9.17) is 5.53 Å². The molecule has 0 spiro atoms. The van der Waals surface area contributed by atoms with Crippen molar-refractivity contribution in [3.63, 3.8) is 0 Å². The molecule has 20 heavy (non-hydrogen) atoms. The summed E-state index contributed by atoms with van der Waals surface area (Å²) in [6.45, 7) is 1.41. The van der Waals surface area contributed by atoms with Crippen LogP contribution in [0.15, 0.2) is 40.3 Å². The van der Waals surface area contributed by atoms with E-state index in [0.717, 1.165) is 18.6 Å². The summed E-state index contributed by atoms with van der Waals surface area (Å²) in [5.41, 5.74) is 8.39. The zero-order chi connectivity index (χ0) is 14.2. The molecule has 1 fully saturated rings. The van der Waals surface area contributed by atoms with Crippen molar-refractivity contribution in [1.82, 2.24) is 4.90 Å². The third-order valence-electron chi connectivity index (χ3n) is 3.36. The van der Waals surface area contributed by atoms with Gasteiger partial charge in [-0.2, -0.15) is 0 Å². The molecule has 1 heterocycles. The highest BCUT2D eigenvalue weighted by atomic mass is 32.2. The highest BCUT2D eigenvalue weighted by molar-refractivity contribution is 7.99. The number of rotatable bonds is 5. The van der Waals surface area contributed by atoms with Crippen molar-refractivity contribution in [2.24, 2.45) is 5.11 Å². The molecule has 0 aliphatic carbocycles. The molecule has 1 aliphatic heterocycles. The van der Waals surface area contributed by atoms with Crippen LogP contribution in [0.25, 0.3) is 10.4 Å². The van der Waals surface area contributed by atoms with Gasteiger partial charge >= 0.3 is 0 Å². The fraction of sp³-hybridized carbons (Fsp3) is 0.500. The first-order valence-electron chi connectivity index (χ1n) is 6.79. The van der Waals surface area contributed by atoms with E-state index in [1.54, 1.807) is 11.8 Å². The zero-order valence-corrected chi connectivity index (χ0v) is 12.1. The number of hydrogen-bond acceptors (Lipinski definition) is 3. The number of carbonyl (C=O) groups excluding carboxylic acids is 1. The van der Waals surface area contributed by atoms with E-state index in [2.05, 4.69) is 22.2 Å². The molecule has 0 atom stereocenters. The lowest BCUT2D eigenvalue weighted by atomic mass is 10.1. The van der Waals surface area contributed by atoms with Gasteiger partial charge in [0.15, 0.2) is 0 Å². The highest BCUT2D eigenvalue weighted by Gasteiger charge is 2.21. The topological polar surface area (TPSA) is 69.1 Å². The molecule has 1 amide bonds. The van der Waals surface area contributed by atoms with Crippen LogP contribution in [0.2, 0.25) is 0 Å². The lowest BCUT2D eigenvalue weighted by molar-refractivity contribution is -0.131. The molecule has 0 radical (unpaired) electrons. The second-order valence-corrected chi connectivity index (χ2v) is 5.90. The molecular formula is C14H18N4OS. The Morgan fingerprint density at radius 3 is 2.70 bits per heavy atom. The molecule has 106 valence electrons. The zero-order valence-electron chi connectivity index (χ0n) is 11.3. The summed E-state index contributed by atoms with van der Waals surface area (Å²) in [6, 6.07) is 10.2. The van der Waals surface area contributed by atoms with Crippen molar-refractivity contribution < 1.29 is 4.79 Å². The van der Waals surface area contributed by atoms with E-state index >= 15 is 0 Å². The number of piperidine rings is 1. The van der Waals surface area contributed by atoms with E-state index in [0.29, 0.717) is 19.5 Å². The summed E-state index contributed by atoms with van der Waals surface area (Å²) in [5.74, 6) is 1.01. The summed E-state index contributed by atoms with van der Waals surface area (Å²) < 4.78 is 0. The first-order valence-corrected chi connectivity index (χ1v) is 7.78. The average Bonchev–Trinajstić information content (AvgIpc) is 2.49. The normalized spacial score (nSPS) is 15.7. The van der Waals surface area contributed by atoms with Crippen LogP contribution in [0, 0.1) is 0 Å². The van der Waals surface area contributed by atoms with E-state index in [-0.39, 0.29) is 11.9 Å². The molecule has 1 aromatic carbocycles. The molecule has 0 unspecified atom stereocenters. The lowest BCUT2D eigenvalue weighted by Gasteiger charge is -2.30. The first kappa shape index (κ1) is 14.8. The number of thioether (sulfide) groups is 1. The molecule has 0 saturated carbocycles. The Bertz CT molecular complexity index is 479. The monoisotopic (exact) mass is 290 g/mol. The van der Waals surface area contributed by atoms with Gasteiger partial charge in [-0.25, -0.2) is 0 Å². The summed E-state index contributed by atoms with van der Waals surface area (Å²) in [7, 11) is 0. The molecule has 5 nitrogen and oxygen atoms in total. The minimum atomic E-state index is 0.0581. The Labute approximate surface area is 123 Å². The number of amides is 1. The van der Waals surface area contributed by atoms with Crippen molar-refractivity contribution >= 4 is 17.7 Å². The third-order valence-corrected chi connectivity index (χ3v) is 4.37. The van der Waals surface area contributed by atoms with Gasteiger partial charge in [0.05, 0.1) is 0 Å². The van der Waals surface area contributed by atoms with Gasteiger partial charge in [0.1, 0.15) is 0 Å². The molecule has 0 aromatic heterocycles. The Morgan fingerprint density at radius 1 is 1.35 bits per heavy atom. The number of nitrogens with zero attached hydrogens (tertiary/aromatic N) is 4. The molecule has 0 bridgehead atoms. The summed E-state index contributed by atoms with van der Waals surface area (Å²) in [6.07, 6.45) is 2.12. The van der Waals surface area contributed by atoms with Crippen LogP contribution in [0.1, 0.15) is 19.3 Å². The van der Waals surface area contributed by atoms with Crippen LogP contribution < -0.4 is 0 Å². The fourth-order valence-corrected chi connectivity index (χ4v) is 3.10. The van der Waals surface area contributed by atoms with Crippen molar-refractivity contribution in [2.45, 2.75) is 30.2 Å². The van der Waals surface area contributed by atoms with Gasteiger partial charge < -0.3 is 4.90 Å². The van der Waals surface area contributed by atoms with Crippen LogP contribution in [0.4, 0.5) is 0 Å². The highest BCUT2D eigenvalue weighted by Crippen LogP contribution is 2.19. The first-order chi connectivity index (χ1) is 9.79. The Hall–Kier alpha value is -1.65. The number of azide groups is 1. The van der Waals surface area contributed by atoms with Gasteiger partial charge in [0.25, 0.3) is 0 Å². The maximum absolute atomic E-state index is 12.1. The smallest absolute Gasteiger partial charge is 0.223 e. The average molecular weight is 290 g/mol. The lowest BCUT2D eigenvalue weighted by Crippen LogP contribution is -2.39. The maximum Gasteiger partial charge on any atom is 0.223 e. The predicted octanol–water partition coefficient (Wildman–Crippen LogP) is 3.47. The molecule has 1 aromatic rings. The third kappa shape index (κ3) is 4.47. The van der Waals surface area contributed by atoms with Gasteiger partial charge in [-0.05, 0) is 30.5 Å². The van der Waals surface area contributed by atoms with Gasteiger partial charge in [0, 0.05) is 41.1 Å². The fourth-order valence-electron chi connectivity index (χ4n) is 2.23. The number of benzene rings is 1. The maximum atomic E-state index is 12.1. The number of carbonyl (C=O) groups is 1. The molecule has 0 N–H and O–H groups in total. The van der Waals surface area contributed by atoms with Crippen LogP contribution in [-0.4, -0.2) is 35.7 Å². The minimum Gasteiger partial charge on any atom is -0.343 e.